The van der Waals surface area contributed by atoms with Gasteiger partial charge >= 0.3 is 5.97 Å². The lowest BCUT2D eigenvalue weighted by Crippen LogP contribution is -2.35. The molecule has 0 aliphatic carbocycles. The number of carbonyl (C=O) groups is 2. The Morgan fingerprint density at radius 1 is 1.28 bits per heavy atom. The predicted molar refractivity (Wildman–Crippen MR) is 63.7 cm³/mol. The van der Waals surface area contributed by atoms with Crippen molar-refractivity contribution in [3.05, 3.63) is 0 Å². The molecule has 2 fully saturated rings. The number of likely N-dealkylation sites (tertiary alicyclic amines) is 1. The van der Waals surface area contributed by atoms with Gasteiger partial charge in [0, 0.05) is 19.5 Å². The van der Waals surface area contributed by atoms with Gasteiger partial charge in [0.2, 0.25) is 5.91 Å². The fraction of sp³-hybridized carbons (Fsp3) is 0.818. The molecular weight excluding hydrogens is 258 g/mol. The van der Waals surface area contributed by atoms with Crippen molar-refractivity contribution in [1.82, 2.24) is 4.90 Å². The predicted octanol–water partition coefficient (Wildman–Crippen LogP) is -0.256. The highest BCUT2D eigenvalue weighted by Gasteiger charge is 2.37. The lowest BCUT2D eigenvalue weighted by atomic mass is 10.1. The highest BCUT2D eigenvalue weighted by Crippen LogP contribution is 2.25. The third-order valence-corrected chi connectivity index (χ3v) is 5.41. The third-order valence-electron chi connectivity index (χ3n) is 3.64. The van der Waals surface area contributed by atoms with Gasteiger partial charge in [-0.1, -0.05) is 0 Å². The molecule has 6 nitrogen and oxygen atoms in total. The summed E-state index contributed by atoms with van der Waals surface area (Å²) >= 11 is 0. The first kappa shape index (κ1) is 13.3. The van der Waals surface area contributed by atoms with E-state index in [0.29, 0.717) is 25.9 Å². The normalized spacial score (nSPS) is 30.6. The van der Waals surface area contributed by atoms with Crippen LogP contribution in [0.2, 0.25) is 0 Å². The van der Waals surface area contributed by atoms with Gasteiger partial charge < -0.3 is 10.0 Å². The van der Waals surface area contributed by atoms with Crippen LogP contribution < -0.4 is 0 Å². The van der Waals surface area contributed by atoms with Gasteiger partial charge in [-0.05, 0) is 18.8 Å². The maximum atomic E-state index is 12.1. The van der Waals surface area contributed by atoms with Crippen molar-refractivity contribution in [2.24, 2.45) is 11.8 Å². The second kappa shape index (κ2) is 4.87. The van der Waals surface area contributed by atoms with Gasteiger partial charge in [0.25, 0.3) is 0 Å². The summed E-state index contributed by atoms with van der Waals surface area (Å²) in [5, 5.41) is 8.70. The number of hydrogen-bond acceptors (Lipinski definition) is 4. The van der Waals surface area contributed by atoms with Crippen LogP contribution >= 0.6 is 0 Å². The maximum absolute atomic E-state index is 12.1. The number of nitrogens with zero attached hydrogens (tertiary/aromatic N) is 1. The first-order chi connectivity index (χ1) is 8.37. The average molecular weight is 275 g/mol. The highest BCUT2D eigenvalue weighted by molar-refractivity contribution is 7.91. The Kier molecular flexibility index (Phi) is 3.61. The highest BCUT2D eigenvalue weighted by atomic mass is 32.2. The first-order valence-electron chi connectivity index (χ1n) is 6.08. The zero-order valence-corrected chi connectivity index (χ0v) is 10.9. The summed E-state index contributed by atoms with van der Waals surface area (Å²) in [6, 6.07) is 0. The van der Waals surface area contributed by atoms with Crippen molar-refractivity contribution >= 4 is 21.7 Å². The zero-order valence-electron chi connectivity index (χ0n) is 10.0. The topological polar surface area (TPSA) is 91.8 Å². The van der Waals surface area contributed by atoms with Crippen LogP contribution in [0, 0.1) is 11.8 Å². The van der Waals surface area contributed by atoms with Crippen molar-refractivity contribution in [3.63, 3.8) is 0 Å². The van der Waals surface area contributed by atoms with Gasteiger partial charge in [0.15, 0.2) is 9.84 Å². The summed E-state index contributed by atoms with van der Waals surface area (Å²) in [6.45, 7) is 0.995. The minimum Gasteiger partial charge on any atom is -0.481 e. The molecule has 0 aromatic heterocycles. The van der Waals surface area contributed by atoms with Gasteiger partial charge in [0.1, 0.15) is 0 Å². The molecule has 0 saturated carbocycles. The molecule has 7 heteroatoms. The van der Waals surface area contributed by atoms with Crippen LogP contribution in [-0.2, 0) is 19.4 Å². The lowest BCUT2D eigenvalue weighted by molar-refractivity contribution is -0.139. The van der Waals surface area contributed by atoms with E-state index in [-0.39, 0.29) is 29.8 Å². The third kappa shape index (κ3) is 3.01. The number of carbonyl (C=O) groups excluding carboxylic acids is 1. The van der Waals surface area contributed by atoms with E-state index in [1.807, 2.05) is 0 Å². The lowest BCUT2D eigenvalue weighted by Gasteiger charge is -2.19. The van der Waals surface area contributed by atoms with Gasteiger partial charge in [-0.15, -0.1) is 0 Å². The van der Waals surface area contributed by atoms with Gasteiger partial charge in [-0.25, -0.2) is 8.42 Å². The number of sulfone groups is 1. The summed E-state index contributed by atoms with van der Waals surface area (Å²) in [6.07, 6.45) is 1.17. The SMILES string of the molecule is O=C(O)CC1CCN(C(=O)C2CCS(=O)(=O)C2)C1. The van der Waals surface area contributed by atoms with E-state index < -0.39 is 21.7 Å². The molecule has 1 amide bonds. The molecule has 1 N–H and O–H groups in total. The van der Waals surface area contributed by atoms with E-state index in [0.717, 1.165) is 0 Å². The molecule has 2 aliphatic heterocycles. The molecule has 2 aliphatic rings. The molecule has 18 heavy (non-hydrogen) atoms. The molecule has 2 rings (SSSR count). The van der Waals surface area contributed by atoms with Crippen molar-refractivity contribution in [3.8, 4) is 0 Å². The molecule has 0 bridgehead atoms. The summed E-state index contributed by atoms with van der Waals surface area (Å²) in [4.78, 5) is 24.3. The molecule has 0 spiro atoms. The van der Waals surface area contributed by atoms with Crippen LogP contribution in [0.3, 0.4) is 0 Å². The smallest absolute Gasteiger partial charge is 0.303 e. The van der Waals surface area contributed by atoms with E-state index in [4.69, 9.17) is 5.11 Å². The Hall–Kier alpha value is -1.11. The molecule has 2 heterocycles. The van der Waals surface area contributed by atoms with Crippen molar-refractivity contribution in [1.29, 1.82) is 0 Å². The Labute approximate surface area is 106 Å². The minimum atomic E-state index is -3.04. The molecule has 0 radical (unpaired) electrons. The second-order valence-electron chi connectivity index (χ2n) is 5.14. The minimum absolute atomic E-state index is 0.00413. The fourth-order valence-electron chi connectivity index (χ4n) is 2.69. The maximum Gasteiger partial charge on any atom is 0.303 e. The number of rotatable bonds is 3. The monoisotopic (exact) mass is 275 g/mol. The first-order valence-corrected chi connectivity index (χ1v) is 7.90. The van der Waals surface area contributed by atoms with E-state index in [1.165, 1.54) is 0 Å². The number of aliphatic carboxylic acids is 1. The number of carboxylic acid groups (broad SMARTS) is 1. The fourth-order valence-corrected chi connectivity index (χ4v) is 4.43. The van der Waals surface area contributed by atoms with Crippen LogP contribution in [0.25, 0.3) is 0 Å². The summed E-state index contributed by atoms with van der Waals surface area (Å²) < 4.78 is 22.6. The number of hydrogen-bond donors (Lipinski definition) is 1. The van der Waals surface area contributed by atoms with Crippen LogP contribution in [0.1, 0.15) is 19.3 Å². The van der Waals surface area contributed by atoms with Crippen molar-refractivity contribution in [2.75, 3.05) is 24.6 Å². The van der Waals surface area contributed by atoms with Gasteiger partial charge in [-0.2, -0.15) is 0 Å². The van der Waals surface area contributed by atoms with Crippen LogP contribution in [0.5, 0.6) is 0 Å². The molecule has 2 saturated heterocycles. The second-order valence-corrected chi connectivity index (χ2v) is 7.37. The summed E-state index contributed by atoms with van der Waals surface area (Å²) in [5.41, 5.74) is 0. The average Bonchev–Trinajstić information content (AvgIpc) is 2.83. The zero-order chi connectivity index (χ0) is 13.3. The van der Waals surface area contributed by atoms with Crippen LogP contribution in [-0.4, -0.2) is 54.9 Å². The molecule has 2 atom stereocenters. The Balaban J connectivity index is 1.90. The molecule has 2 unspecified atom stereocenters. The molecular formula is C11H17NO5S. The standard InChI is InChI=1S/C11H17NO5S/c13-10(14)5-8-1-3-12(6-8)11(15)9-2-4-18(16,17)7-9/h8-9H,1-7H2,(H,13,14). The molecule has 0 aromatic carbocycles. The van der Waals surface area contributed by atoms with Gasteiger partial charge in [0.05, 0.1) is 17.4 Å². The van der Waals surface area contributed by atoms with E-state index >= 15 is 0 Å². The Bertz CT molecular complexity index is 458. The quantitative estimate of drug-likeness (QED) is 0.766. The van der Waals surface area contributed by atoms with E-state index in [2.05, 4.69) is 0 Å². The van der Waals surface area contributed by atoms with E-state index in [9.17, 15) is 18.0 Å². The Morgan fingerprint density at radius 3 is 2.56 bits per heavy atom. The number of amides is 1. The summed E-state index contributed by atoms with van der Waals surface area (Å²) in [5.74, 6) is -1.34. The number of carboxylic acids is 1. The Morgan fingerprint density at radius 2 is 2.00 bits per heavy atom. The summed E-state index contributed by atoms with van der Waals surface area (Å²) in [7, 11) is -3.04. The van der Waals surface area contributed by atoms with Crippen molar-refractivity contribution < 1.29 is 23.1 Å². The van der Waals surface area contributed by atoms with Crippen molar-refractivity contribution in [2.45, 2.75) is 19.3 Å². The van der Waals surface area contributed by atoms with Crippen LogP contribution in [0.4, 0.5) is 0 Å². The van der Waals surface area contributed by atoms with E-state index in [1.54, 1.807) is 4.90 Å². The largest absolute Gasteiger partial charge is 0.481 e. The molecule has 0 aromatic rings. The van der Waals surface area contributed by atoms with Gasteiger partial charge in [-0.3, -0.25) is 9.59 Å². The molecule has 102 valence electrons. The van der Waals surface area contributed by atoms with Crippen LogP contribution in [0.15, 0.2) is 0 Å².